The number of allylic oxidation sites excluding steroid dienone is 4. The summed E-state index contributed by atoms with van der Waals surface area (Å²) in [6.07, 6.45) is 0.150. The molecule has 1 aliphatic rings. The zero-order chi connectivity index (χ0) is 29.8. The second-order valence-corrected chi connectivity index (χ2v) is 10.5. The molecular weight excluding hydrogens is 532 g/mol. The Hall–Kier alpha value is -3.67. The minimum absolute atomic E-state index is 0.0457. The molecule has 220 valence electrons. The van der Waals surface area contributed by atoms with Gasteiger partial charge in [0, 0.05) is 11.6 Å². The second-order valence-electron chi connectivity index (χ2n) is 10.5. The molecule has 0 unspecified atom stereocenters. The fourth-order valence-corrected chi connectivity index (χ4v) is 4.67. The molecule has 0 spiro atoms. The van der Waals surface area contributed by atoms with Crippen LogP contribution in [0.4, 0.5) is 0 Å². The predicted molar refractivity (Wildman–Crippen MR) is 152 cm³/mol. The van der Waals surface area contributed by atoms with E-state index < -0.39 is 42.7 Å². The van der Waals surface area contributed by atoms with Crippen LogP contribution in [0.2, 0.25) is 0 Å². The maximum atomic E-state index is 13.5. The van der Waals surface area contributed by atoms with Crippen molar-refractivity contribution in [2.24, 2.45) is 0 Å². The van der Waals surface area contributed by atoms with Crippen molar-refractivity contribution in [3.05, 3.63) is 75.7 Å². The van der Waals surface area contributed by atoms with Crippen molar-refractivity contribution in [2.75, 3.05) is 6.61 Å². The molecule has 2 heterocycles. The van der Waals surface area contributed by atoms with Gasteiger partial charge in [0.2, 0.25) is 11.7 Å². The van der Waals surface area contributed by atoms with E-state index in [0.29, 0.717) is 5.56 Å². The Morgan fingerprint density at radius 3 is 2.37 bits per heavy atom. The Morgan fingerprint density at radius 2 is 1.71 bits per heavy atom. The van der Waals surface area contributed by atoms with Gasteiger partial charge in [-0.2, -0.15) is 0 Å². The summed E-state index contributed by atoms with van der Waals surface area (Å²) in [5.41, 5.74) is 2.73. The number of fused-ring (bicyclic) bond motifs is 1. The van der Waals surface area contributed by atoms with Crippen LogP contribution in [0.25, 0.3) is 22.1 Å². The first-order chi connectivity index (χ1) is 19.5. The molecule has 41 heavy (non-hydrogen) atoms. The lowest BCUT2D eigenvalue weighted by Gasteiger charge is -2.39. The Balaban J connectivity index is 1.57. The molecule has 5 atom stereocenters. The number of aliphatic hydroxyl groups excluding tert-OH is 4. The minimum Gasteiger partial charge on any atom is -0.507 e. The number of aliphatic hydroxyl groups is 4. The van der Waals surface area contributed by atoms with Gasteiger partial charge in [0.15, 0.2) is 0 Å². The molecule has 0 saturated carbocycles. The van der Waals surface area contributed by atoms with Gasteiger partial charge in [-0.3, -0.25) is 4.79 Å². The molecule has 3 aromatic rings. The van der Waals surface area contributed by atoms with Gasteiger partial charge in [-0.15, -0.1) is 0 Å². The summed E-state index contributed by atoms with van der Waals surface area (Å²) in [6.45, 7) is 5.47. The molecule has 0 aliphatic carbocycles. The molecule has 6 N–H and O–H groups in total. The topological polar surface area (TPSA) is 170 Å². The van der Waals surface area contributed by atoms with E-state index >= 15 is 0 Å². The SMILES string of the molecule is CC(C)=CCC/C(C)=C/Cc1c(O)cc2occ(-c3ccc(O[C@@H]4O[C@H](CO)[C@@H](O)[C@H](O)[C@H]4O)cc3)c(=O)c2c1O. The smallest absolute Gasteiger partial charge is 0.229 e. The van der Waals surface area contributed by atoms with Crippen LogP contribution in [0.15, 0.2) is 69.1 Å². The molecule has 0 bridgehead atoms. The number of rotatable bonds is 9. The summed E-state index contributed by atoms with van der Waals surface area (Å²) in [6, 6.07) is 7.46. The van der Waals surface area contributed by atoms with E-state index in [0.717, 1.165) is 18.4 Å². The first kappa shape index (κ1) is 30.3. The van der Waals surface area contributed by atoms with Crippen LogP contribution in [0.3, 0.4) is 0 Å². The highest BCUT2D eigenvalue weighted by Crippen LogP contribution is 2.36. The Morgan fingerprint density at radius 1 is 1.00 bits per heavy atom. The van der Waals surface area contributed by atoms with E-state index in [2.05, 4.69) is 6.08 Å². The van der Waals surface area contributed by atoms with Crippen molar-refractivity contribution in [1.82, 2.24) is 0 Å². The lowest BCUT2D eigenvalue weighted by atomic mass is 9.99. The van der Waals surface area contributed by atoms with E-state index in [-0.39, 0.29) is 45.8 Å². The van der Waals surface area contributed by atoms with Gasteiger partial charge >= 0.3 is 0 Å². The van der Waals surface area contributed by atoms with Crippen molar-refractivity contribution in [1.29, 1.82) is 0 Å². The third kappa shape index (κ3) is 6.64. The Kier molecular flexibility index (Phi) is 9.52. The van der Waals surface area contributed by atoms with Crippen molar-refractivity contribution < 1.29 is 44.5 Å². The number of ether oxygens (including phenoxy) is 2. The van der Waals surface area contributed by atoms with E-state index in [4.69, 9.17) is 13.9 Å². The first-order valence-corrected chi connectivity index (χ1v) is 13.4. The summed E-state index contributed by atoms with van der Waals surface area (Å²) in [4.78, 5) is 13.5. The Bertz CT molecular complexity index is 1480. The number of aromatic hydroxyl groups is 2. The molecule has 10 heteroatoms. The largest absolute Gasteiger partial charge is 0.507 e. The normalized spacial score (nSPS) is 23.0. The summed E-state index contributed by atoms with van der Waals surface area (Å²) in [7, 11) is 0. The summed E-state index contributed by atoms with van der Waals surface area (Å²) in [5.74, 6) is -0.287. The zero-order valence-corrected chi connectivity index (χ0v) is 23.2. The highest BCUT2D eigenvalue weighted by atomic mass is 16.7. The van der Waals surface area contributed by atoms with Gasteiger partial charge in [-0.1, -0.05) is 35.4 Å². The zero-order valence-electron chi connectivity index (χ0n) is 23.2. The van der Waals surface area contributed by atoms with Gasteiger partial charge in [0.05, 0.1) is 12.2 Å². The van der Waals surface area contributed by atoms with Crippen LogP contribution in [0.5, 0.6) is 17.2 Å². The molecule has 1 aliphatic heterocycles. The summed E-state index contributed by atoms with van der Waals surface area (Å²) >= 11 is 0. The van der Waals surface area contributed by atoms with E-state index in [1.54, 1.807) is 12.1 Å². The fraction of sp³-hybridized carbons (Fsp3) is 0.387. The fourth-order valence-electron chi connectivity index (χ4n) is 4.67. The van der Waals surface area contributed by atoms with Crippen LogP contribution in [-0.4, -0.2) is 68.0 Å². The van der Waals surface area contributed by atoms with Gasteiger partial charge < -0.3 is 44.5 Å². The molecule has 0 amide bonds. The molecule has 1 fully saturated rings. The van der Waals surface area contributed by atoms with Crippen LogP contribution in [0, 0.1) is 0 Å². The quantitative estimate of drug-likeness (QED) is 0.211. The van der Waals surface area contributed by atoms with Gasteiger partial charge in [0.1, 0.15) is 58.9 Å². The molecule has 0 radical (unpaired) electrons. The number of hydrogen-bond acceptors (Lipinski definition) is 10. The standard InChI is InChI=1S/C31H36O10/c1-16(2)5-4-6-17(3)7-12-20-22(33)13-23-25(26(20)34)27(35)21(15-39-23)18-8-10-19(11-9-18)40-31-30(38)29(37)28(36)24(14-32)41-31/h5,7-11,13,15,24,28-34,36-38H,4,6,12,14H2,1-3H3/b17-7+/t24-,28-,29+,30-,31-/m1/s1. The van der Waals surface area contributed by atoms with Crippen LogP contribution in [-0.2, 0) is 11.2 Å². The number of phenols is 2. The molecule has 4 rings (SSSR count). The third-order valence-corrected chi connectivity index (χ3v) is 7.13. The van der Waals surface area contributed by atoms with Gasteiger partial charge in [0.25, 0.3) is 0 Å². The van der Waals surface area contributed by atoms with Crippen LogP contribution in [0.1, 0.15) is 39.2 Å². The molecule has 2 aromatic carbocycles. The monoisotopic (exact) mass is 568 g/mol. The molecular formula is C31H36O10. The average Bonchev–Trinajstić information content (AvgIpc) is 2.93. The van der Waals surface area contributed by atoms with E-state index in [1.807, 2.05) is 26.8 Å². The maximum Gasteiger partial charge on any atom is 0.229 e. The summed E-state index contributed by atoms with van der Waals surface area (Å²) < 4.78 is 16.6. The second kappa shape index (κ2) is 12.9. The highest BCUT2D eigenvalue weighted by molar-refractivity contribution is 5.89. The van der Waals surface area contributed by atoms with Crippen molar-refractivity contribution in [2.45, 2.75) is 70.7 Å². The van der Waals surface area contributed by atoms with Crippen LogP contribution < -0.4 is 10.2 Å². The average molecular weight is 569 g/mol. The van der Waals surface area contributed by atoms with Crippen LogP contribution >= 0.6 is 0 Å². The van der Waals surface area contributed by atoms with E-state index in [1.165, 1.54) is 30.0 Å². The number of phenolic OH excluding ortho intramolecular Hbond substituents is 2. The molecule has 1 saturated heterocycles. The Labute approximate surface area is 237 Å². The lowest BCUT2D eigenvalue weighted by molar-refractivity contribution is -0.277. The lowest BCUT2D eigenvalue weighted by Crippen LogP contribution is -2.60. The number of benzene rings is 2. The first-order valence-electron chi connectivity index (χ1n) is 13.4. The van der Waals surface area contributed by atoms with Crippen molar-refractivity contribution >= 4 is 11.0 Å². The number of hydrogen-bond donors (Lipinski definition) is 6. The van der Waals surface area contributed by atoms with Crippen molar-refractivity contribution in [3.8, 4) is 28.4 Å². The molecule has 1 aromatic heterocycles. The van der Waals surface area contributed by atoms with Crippen molar-refractivity contribution in [3.63, 3.8) is 0 Å². The van der Waals surface area contributed by atoms with Gasteiger partial charge in [-0.25, -0.2) is 0 Å². The van der Waals surface area contributed by atoms with Gasteiger partial charge in [-0.05, 0) is 57.7 Å². The highest BCUT2D eigenvalue weighted by Gasteiger charge is 2.44. The minimum atomic E-state index is -1.58. The predicted octanol–water partition coefficient (Wildman–Crippen LogP) is 3.29. The maximum absolute atomic E-state index is 13.5. The van der Waals surface area contributed by atoms with E-state index in [9.17, 15) is 35.4 Å². The molecule has 10 nitrogen and oxygen atoms in total. The third-order valence-electron chi connectivity index (χ3n) is 7.13. The summed E-state index contributed by atoms with van der Waals surface area (Å²) in [5, 5.41) is 61.0.